The van der Waals surface area contributed by atoms with Gasteiger partial charge in [0.15, 0.2) is 0 Å². The summed E-state index contributed by atoms with van der Waals surface area (Å²) in [4.78, 5) is 6.59. The van der Waals surface area contributed by atoms with Gasteiger partial charge < -0.3 is 4.42 Å². The maximum absolute atomic E-state index is 5.77. The van der Waals surface area contributed by atoms with Crippen molar-refractivity contribution in [2.24, 2.45) is 0 Å². The number of halogens is 1. The van der Waals surface area contributed by atoms with E-state index in [0.717, 1.165) is 18.5 Å². The number of aryl methyl sites for hydroxylation is 1. The zero-order chi connectivity index (χ0) is 12.5. The molecule has 0 amide bonds. The van der Waals surface area contributed by atoms with E-state index in [0.29, 0.717) is 17.9 Å². The normalized spacial score (nSPS) is 18.8. The van der Waals surface area contributed by atoms with Gasteiger partial charge in [0.2, 0.25) is 0 Å². The Morgan fingerprint density at radius 1 is 1.44 bits per heavy atom. The van der Waals surface area contributed by atoms with Gasteiger partial charge in [-0.3, -0.25) is 4.90 Å². The molecule has 4 heteroatoms. The van der Waals surface area contributed by atoms with E-state index in [1.165, 1.54) is 11.3 Å². The molecular weight excluding hydrogens is 248 g/mol. The Hall–Kier alpha value is -1.48. The summed E-state index contributed by atoms with van der Waals surface area (Å²) >= 11 is 5.77. The molecule has 0 bridgehead atoms. The van der Waals surface area contributed by atoms with Gasteiger partial charge in [0, 0.05) is 11.7 Å². The first-order valence-corrected chi connectivity index (χ1v) is 6.70. The fourth-order valence-electron chi connectivity index (χ4n) is 2.45. The number of benzene rings is 1. The first-order valence-electron chi connectivity index (χ1n) is 6.17. The van der Waals surface area contributed by atoms with E-state index in [1.807, 2.05) is 0 Å². The van der Waals surface area contributed by atoms with Gasteiger partial charge in [-0.25, -0.2) is 0 Å². The van der Waals surface area contributed by atoms with Crippen molar-refractivity contribution >= 4 is 23.3 Å². The van der Waals surface area contributed by atoms with Crippen LogP contribution in [0.3, 0.4) is 0 Å². The van der Waals surface area contributed by atoms with Crippen LogP contribution in [0.25, 0.3) is 0 Å². The van der Waals surface area contributed by atoms with Crippen molar-refractivity contribution in [3.63, 3.8) is 0 Å². The predicted octanol–water partition coefficient (Wildman–Crippen LogP) is 3.89. The molecule has 1 atom stereocenters. The molecule has 18 heavy (non-hydrogen) atoms. The lowest BCUT2D eigenvalue weighted by atomic mass is 9.97. The highest BCUT2D eigenvalue weighted by molar-refractivity contribution is 6.16. The van der Waals surface area contributed by atoms with Crippen LogP contribution in [-0.2, 0) is 12.3 Å². The number of nitrogens with zero attached hydrogens (tertiary/aromatic N) is 2. The van der Waals surface area contributed by atoms with Crippen LogP contribution in [-0.4, -0.2) is 11.0 Å². The molecule has 0 N–H and O–H groups in total. The minimum Gasteiger partial charge on any atom is -0.431 e. The molecule has 0 saturated heterocycles. The summed E-state index contributed by atoms with van der Waals surface area (Å²) < 4.78 is 5.55. The molecule has 2 aromatic rings. The van der Waals surface area contributed by atoms with Crippen LogP contribution < -0.4 is 4.90 Å². The number of aromatic nitrogens is 1. The lowest BCUT2D eigenvalue weighted by molar-refractivity contribution is 0.511. The first kappa shape index (κ1) is 11.6. The van der Waals surface area contributed by atoms with Crippen molar-refractivity contribution < 1.29 is 4.42 Å². The first-order chi connectivity index (χ1) is 8.79. The Morgan fingerprint density at radius 2 is 2.28 bits per heavy atom. The van der Waals surface area contributed by atoms with Crippen LogP contribution in [0, 0.1) is 0 Å². The van der Waals surface area contributed by atoms with Gasteiger partial charge in [0.05, 0.1) is 11.6 Å². The maximum atomic E-state index is 5.77. The summed E-state index contributed by atoms with van der Waals surface area (Å²) in [6.07, 6.45) is 3.85. The number of oxazole rings is 1. The summed E-state index contributed by atoms with van der Waals surface area (Å²) in [5.74, 6) is 0.382. The highest BCUT2D eigenvalue weighted by Crippen LogP contribution is 2.36. The lowest BCUT2D eigenvalue weighted by Gasteiger charge is -2.33. The second kappa shape index (κ2) is 4.65. The second-order valence-electron chi connectivity index (χ2n) is 4.64. The average molecular weight is 263 g/mol. The Kier molecular flexibility index (Phi) is 3.00. The standard InChI is InChI=1S/C14H15ClN2O/c1-10-6-7-11-4-2-3-5-13(11)17(10)14-16-12(8-15)9-18-14/h2-5,9-10H,6-8H2,1H3. The molecular formula is C14H15ClN2O. The smallest absolute Gasteiger partial charge is 0.302 e. The fourth-order valence-corrected chi connectivity index (χ4v) is 2.57. The van der Waals surface area contributed by atoms with Gasteiger partial charge in [-0.2, -0.15) is 4.98 Å². The number of para-hydroxylation sites is 1. The van der Waals surface area contributed by atoms with Crippen molar-refractivity contribution in [3.8, 4) is 0 Å². The highest BCUT2D eigenvalue weighted by Gasteiger charge is 2.27. The van der Waals surface area contributed by atoms with E-state index in [1.54, 1.807) is 6.26 Å². The van der Waals surface area contributed by atoms with Gasteiger partial charge in [0.25, 0.3) is 0 Å². The third-order valence-electron chi connectivity index (χ3n) is 3.41. The lowest BCUT2D eigenvalue weighted by Crippen LogP contribution is -2.33. The molecule has 1 aromatic heterocycles. The zero-order valence-corrected chi connectivity index (χ0v) is 11.0. The van der Waals surface area contributed by atoms with Crippen LogP contribution in [0.5, 0.6) is 0 Å². The van der Waals surface area contributed by atoms with Crippen LogP contribution in [0.15, 0.2) is 34.9 Å². The number of alkyl halides is 1. The molecule has 94 valence electrons. The molecule has 1 aliphatic heterocycles. The molecule has 3 nitrogen and oxygen atoms in total. The summed E-state index contributed by atoms with van der Waals surface area (Å²) in [6.45, 7) is 2.19. The molecule has 0 fully saturated rings. The monoisotopic (exact) mass is 262 g/mol. The van der Waals surface area contributed by atoms with Crippen LogP contribution >= 0.6 is 11.6 Å². The number of hydrogen-bond donors (Lipinski definition) is 0. The van der Waals surface area contributed by atoms with Gasteiger partial charge >= 0.3 is 6.01 Å². The zero-order valence-electron chi connectivity index (χ0n) is 10.3. The third-order valence-corrected chi connectivity index (χ3v) is 3.68. The third kappa shape index (κ3) is 1.89. The Bertz CT molecular complexity index is 552. The van der Waals surface area contributed by atoms with Crippen LogP contribution in [0.4, 0.5) is 11.7 Å². The second-order valence-corrected chi connectivity index (χ2v) is 4.91. The number of rotatable bonds is 2. The SMILES string of the molecule is CC1CCc2ccccc2N1c1nc(CCl)co1. The van der Waals surface area contributed by atoms with E-state index in [-0.39, 0.29) is 0 Å². The summed E-state index contributed by atoms with van der Waals surface area (Å²) in [5.41, 5.74) is 3.32. The number of fused-ring (bicyclic) bond motifs is 1. The topological polar surface area (TPSA) is 29.3 Å². The van der Waals surface area contributed by atoms with Gasteiger partial charge in [0.1, 0.15) is 6.26 Å². The summed E-state index contributed by atoms with van der Waals surface area (Å²) in [6, 6.07) is 9.45. The van der Waals surface area contributed by atoms with Crippen molar-refractivity contribution in [1.82, 2.24) is 4.98 Å². The van der Waals surface area contributed by atoms with Crippen molar-refractivity contribution in [3.05, 3.63) is 41.8 Å². The molecule has 3 rings (SSSR count). The van der Waals surface area contributed by atoms with Gasteiger partial charge in [-0.05, 0) is 31.4 Å². The molecule has 1 unspecified atom stereocenters. The summed E-state index contributed by atoms with van der Waals surface area (Å²) in [7, 11) is 0. The van der Waals surface area contributed by atoms with Crippen molar-refractivity contribution in [2.45, 2.75) is 31.7 Å². The Labute approximate surface area is 111 Å². The van der Waals surface area contributed by atoms with E-state index in [9.17, 15) is 0 Å². The largest absolute Gasteiger partial charge is 0.431 e. The molecule has 0 radical (unpaired) electrons. The molecule has 1 aliphatic rings. The number of hydrogen-bond acceptors (Lipinski definition) is 3. The van der Waals surface area contributed by atoms with Crippen LogP contribution in [0.2, 0.25) is 0 Å². The minimum atomic E-state index is 0.382. The average Bonchev–Trinajstić information content (AvgIpc) is 2.87. The van der Waals surface area contributed by atoms with E-state index >= 15 is 0 Å². The van der Waals surface area contributed by atoms with Crippen molar-refractivity contribution in [1.29, 1.82) is 0 Å². The fraction of sp³-hybridized carbons (Fsp3) is 0.357. The molecule has 0 spiro atoms. The molecule has 0 saturated carbocycles. The Balaban J connectivity index is 2.04. The maximum Gasteiger partial charge on any atom is 0.302 e. The van der Waals surface area contributed by atoms with E-state index in [2.05, 4.69) is 41.1 Å². The quantitative estimate of drug-likeness (QED) is 0.769. The number of anilines is 2. The summed E-state index contributed by atoms with van der Waals surface area (Å²) in [5, 5.41) is 0. The van der Waals surface area contributed by atoms with E-state index in [4.69, 9.17) is 16.0 Å². The highest BCUT2D eigenvalue weighted by atomic mass is 35.5. The van der Waals surface area contributed by atoms with Gasteiger partial charge in [-0.15, -0.1) is 11.6 Å². The van der Waals surface area contributed by atoms with Crippen molar-refractivity contribution in [2.75, 3.05) is 4.90 Å². The molecule has 2 heterocycles. The minimum absolute atomic E-state index is 0.382. The van der Waals surface area contributed by atoms with Gasteiger partial charge in [-0.1, -0.05) is 18.2 Å². The van der Waals surface area contributed by atoms with E-state index < -0.39 is 0 Å². The predicted molar refractivity (Wildman–Crippen MR) is 72.4 cm³/mol. The Morgan fingerprint density at radius 3 is 3.06 bits per heavy atom. The molecule has 0 aliphatic carbocycles. The van der Waals surface area contributed by atoms with Crippen LogP contribution in [0.1, 0.15) is 24.6 Å². The molecule has 1 aromatic carbocycles.